The fourth-order valence-corrected chi connectivity index (χ4v) is 17.7. The van der Waals surface area contributed by atoms with E-state index in [4.69, 9.17) is 22.4 Å². The van der Waals surface area contributed by atoms with Crippen molar-refractivity contribution in [3.05, 3.63) is 78.5 Å². The Morgan fingerprint density at radius 3 is 1.85 bits per heavy atom. The van der Waals surface area contributed by atoms with Gasteiger partial charge in [-0.1, -0.05) is 45.4 Å². The molecule has 41 heavy (non-hydrogen) atoms. The summed E-state index contributed by atoms with van der Waals surface area (Å²) < 4.78 is 30.4. The number of benzene rings is 2. The van der Waals surface area contributed by atoms with E-state index in [2.05, 4.69) is 59.4 Å². The highest BCUT2D eigenvalue weighted by Gasteiger charge is 2.40. The second-order valence-electron chi connectivity index (χ2n) is 11.8. The number of hydrogen-bond acceptors (Lipinski definition) is 6. The molecule has 0 aliphatic rings. The molecular weight excluding hydrogens is 565 g/mol. The second-order valence-corrected chi connectivity index (χ2v) is 24.0. The third-order valence-electron chi connectivity index (χ3n) is 6.63. The van der Waals surface area contributed by atoms with Crippen molar-refractivity contribution in [3.63, 3.8) is 0 Å². The normalized spacial score (nSPS) is 12.1. The third-order valence-corrected chi connectivity index (χ3v) is 18.1. The SMILES string of the molecule is C=CC(=C)[Si](C)(C)O[Si](C)(C)O[Si](C)(C)CCCOc1ccc(C(=O)Oc2ccc(OCCCCCC)cc2)cc1. The maximum absolute atomic E-state index is 12.6. The van der Waals surface area contributed by atoms with Gasteiger partial charge in [-0.25, -0.2) is 4.79 Å². The first kappa shape index (κ1) is 34.8. The fraction of sp³-hybridized carbons (Fsp3) is 0.469. The van der Waals surface area contributed by atoms with Crippen molar-refractivity contribution in [1.82, 2.24) is 0 Å². The Bertz CT molecular complexity index is 1110. The number of unbranched alkanes of at least 4 members (excludes halogenated alkanes) is 3. The van der Waals surface area contributed by atoms with E-state index in [0.717, 1.165) is 35.6 Å². The van der Waals surface area contributed by atoms with Gasteiger partial charge in [-0.2, -0.15) is 0 Å². The molecule has 0 atom stereocenters. The highest BCUT2D eigenvalue weighted by Crippen LogP contribution is 2.27. The van der Waals surface area contributed by atoms with E-state index in [0.29, 0.717) is 24.5 Å². The number of rotatable bonds is 19. The van der Waals surface area contributed by atoms with Crippen LogP contribution in [0.3, 0.4) is 0 Å². The highest BCUT2D eigenvalue weighted by atomic mass is 28.5. The molecule has 0 heterocycles. The lowest BCUT2D eigenvalue weighted by molar-refractivity contribution is 0.0734. The summed E-state index contributed by atoms with van der Waals surface area (Å²) in [5.41, 5.74) is 0.466. The molecule has 0 saturated heterocycles. The van der Waals surface area contributed by atoms with Crippen molar-refractivity contribution < 1.29 is 27.2 Å². The van der Waals surface area contributed by atoms with Crippen LogP contribution in [0.15, 0.2) is 73.0 Å². The van der Waals surface area contributed by atoms with Gasteiger partial charge in [0.2, 0.25) is 8.32 Å². The van der Waals surface area contributed by atoms with Gasteiger partial charge in [0.05, 0.1) is 18.8 Å². The Morgan fingerprint density at radius 1 is 0.756 bits per heavy atom. The summed E-state index contributed by atoms with van der Waals surface area (Å²) in [4.78, 5) is 12.6. The Morgan fingerprint density at radius 2 is 1.29 bits per heavy atom. The van der Waals surface area contributed by atoms with Gasteiger partial charge in [-0.3, -0.25) is 0 Å². The summed E-state index contributed by atoms with van der Waals surface area (Å²) in [6.07, 6.45) is 7.33. The Balaban J connectivity index is 1.76. The van der Waals surface area contributed by atoms with Gasteiger partial charge >= 0.3 is 14.5 Å². The summed E-state index contributed by atoms with van der Waals surface area (Å²) in [7, 11) is -6.34. The zero-order valence-electron chi connectivity index (χ0n) is 26.2. The predicted octanol–water partition coefficient (Wildman–Crippen LogP) is 9.06. The van der Waals surface area contributed by atoms with Crippen LogP contribution in [-0.4, -0.2) is 44.4 Å². The largest absolute Gasteiger partial charge is 0.494 e. The minimum Gasteiger partial charge on any atom is -0.494 e. The van der Waals surface area contributed by atoms with Crippen molar-refractivity contribution in [3.8, 4) is 17.2 Å². The Labute approximate surface area is 251 Å². The average Bonchev–Trinajstić information content (AvgIpc) is 2.90. The highest BCUT2D eigenvalue weighted by molar-refractivity contribution is 6.90. The number of hydrogen-bond donors (Lipinski definition) is 0. The zero-order valence-corrected chi connectivity index (χ0v) is 29.2. The second kappa shape index (κ2) is 16.3. The topological polar surface area (TPSA) is 63.2 Å². The monoisotopic (exact) mass is 614 g/mol. The number of ether oxygens (including phenoxy) is 3. The fourth-order valence-electron chi connectivity index (χ4n) is 4.53. The molecule has 0 amide bonds. The molecule has 0 saturated carbocycles. The molecule has 2 aromatic carbocycles. The van der Waals surface area contributed by atoms with Gasteiger partial charge in [0.1, 0.15) is 17.2 Å². The van der Waals surface area contributed by atoms with Crippen molar-refractivity contribution in [2.24, 2.45) is 0 Å². The van der Waals surface area contributed by atoms with Crippen molar-refractivity contribution >= 4 is 31.2 Å². The van der Waals surface area contributed by atoms with Gasteiger partial charge in [0.15, 0.2) is 8.32 Å². The molecule has 0 fully saturated rings. The molecule has 0 N–H and O–H groups in total. The summed E-state index contributed by atoms with van der Waals surface area (Å²) in [5, 5.41) is 0.987. The molecule has 0 aliphatic heterocycles. The Hall–Kier alpha value is -2.44. The molecule has 6 nitrogen and oxygen atoms in total. The maximum atomic E-state index is 12.6. The number of allylic oxidation sites excluding steroid dienone is 2. The maximum Gasteiger partial charge on any atom is 0.343 e. The standard InChI is InChI=1S/C32H50O6Si3/c1-10-12-13-14-24-34-30-20-22-31(23-21-30)36-32(33)28-16-18-29(19-17-28)35-25-15-26-39(4,5)37-41(8,9)38-40(6,7)27(3)11-2/h11,16-23H,2-3,10,12-15,24-26H2,1,4-9H3. The van der Waals surface area contributed by atoms with Crippen LogP contribution in [0, 0.1) is 0 Å². The minimum atomic E-state index is -2.31. The molecule has 0 bridgehead atoms. The molecule has 2 aromatic rings. The molecule has 0 aliphatic carbocycles. The molecule has 0 radical (unpaired) electrons. The van der Waals surface area contributed by atoms with Crippen LogP contribution in [0.5, 0.6) is 17.2 Å². The molecule has 9 heteroatoms. The summed E-state index contributed by atoms with van der Waals surface area (Å²) >= 11 is 0. The lowest BCUT2D eigenvalue weighted by Crippen LogP contribution is -2.52. The number of carbonyl (C=O) groups is 1. The van der Waals surface area contributed by atoms with E-state index in [1.165, 1.54) is 19.3 Å². The van der Waals surface area contributed by atoms with E-state index in [-0.39, 0.29) is 0 Å². The van der Waals surface area contributed by atoms with E-state index < -0.39 is 31.2 Å². The van der Waals surface area contributed by atoms with E-state index in [9.17, 15) is 4.79 Å². The Kier molecular flexibility index (Phi) is 13.8. The molecule has 0 unspecified atom stereocenters. The van der Waals surface area contributed by atoms with Gasteiger partial charge in [0.25, 0.3) is 0 Å². The van der Waals surface area contributed by atoms with Crippen molar-refractivity contribution in [2.45, 2.75) is 84.4 Å². The van der Waals surface area contributed by atoms with Crippen LogP contribution in [0.2, 0.25) is 45.3 Å². The quantitative estimate of drug-likeness (QED) is 0.0517. The minimum absolute atomic E-state index is 0.411. The van der Waals surface area contributed by atoms with Gasteiger partial charge < -0.3 is 22.4 Å². The lowest BCUT2D eigenvalue weighted by atomic mass is 10.2. The van der Waals surface area contributed by atoms with Crippen LogP contribution in [0.25, 0.3) is 0 Å². The van der Waals surface area contributed by atoms with Gasteiger partial charge in [-0.15, -0.1) is 0 Å². The third kappa shape index (κ3) is 13.0. The first-order valence-corrected chi connectivity index (χ1v) is 23.5. The van der Waals surface area contributed by atoms with Gasteiger partial charge in [0, 0.05) is 0 Å². The van der Waals surface area contributed by atoms with Crippen LogP contribution in [0.1, 0.15) is 49.4 Å². The molecule has 0 spiro atoms. The summed E-state index contributed by atoms with van der Waals surface area (Å²) in [5.74, 6) is 1.57. The van der Waals surface area contributed by atoms with Crippen molar-refractivity contribution in [1.29, 1.82) is 0 Å². The summed E-state index contributed by atoms with van der Waals surface area (Å²) in [6.45, 7) is 24.4. The van der Waals surface area contributed by atoms with E-state index >= 15 is 0 Å². The van der Waals surface area contributed by atoms with E-state index in [1.807, 2.05) is 12.1 Å². The van der Waals surface area contributed by atoms with Crippen LogP contribution < -0.4 is 14.2 Å². The number of carbonyl (C=O) groups excluding carboxylic acids is 1. The lowest BCUT2D eigenvalue weighted by Gasteiger charge is -2.39. The molecule has 0 aromatic heterocycles. The molecule has 2 rings (SSSR count). The van der Waals surface area contributed by atoms with Crippen LogP contribution in [-0.2, 0) is 8.23 Å². The smallest absolute Gasteiger partial charge is 0.343 e. The van der Waals surface area contributed by atoms with Gasteiger partial charge in [-0.05, 0) is 112 Å². The first-order valence-electron chi connectivity index (χ1n) is 14.7. The van der Waals surface area contributed by atoms with Crippen LogP contribution >= 0.6 is 0 Å². The molecular formula is C32H50O6Si3. The van der Waals surface area contributed by atoms with Crippen LogP contribution in [0.4, 0.5) is 0 Å². The first-order chi connectivity index (χ1) is 19.3. The predicted molar refractivity (Wildman–Crippen MR) is 176 cm³/mol. The average molecular weight is 615 g/mol. The number of esters is 1. The van der Waals surface area contributed by atoms with E-state index in [1.54, 1.807) is 42.5 Å². The molecule has 226 valence electrons. The summed E-state index contributed by atoms with van der Waals surface area (Å²) in [6, 6.07) is 15.2. The zero-order chi connectivity index (χ0) is 30.5. The van der Waals surface area contributed by atoms with Crippen molar-refractivity contribution in [2.75, 3.05) is 13.2 Å².